The van der Waals surface area contributed by atoms with Crippen LogP contribution in [0.4, 0.5) is 11.8 Å². The number of carbonyl (C=O) groups excluding carboxylic acids is 1. The third kappa shape index (κ3) is 2.61. The maximum atomic E-state index is 11.5. The molecule has 2 aromatic rings. The van der Waals surface area contributed by atoms with Gasteiger partial charge in [0, 0.05) is 13.1 Å². The van der Waals surface area contributed by atoms with Gasteiger partial charge in [0.1, 0.15) is 5.52 Å². The summed E-state index contributed by atoms with van der Waals surface area (Å²) in [6.07, 6.45) is 6.00. The Kier molecular flexibility index (Phi) is 3.59. The highest BCUT2D eigenvalue weighted by Gasteiger charge is 2.27. The van der Waals surface area contributed by atoms with Crippen molar-refractivity contribution in [2.75, 3.05) is 23.8 Å². The van der Waals surface area contributed by atoms with E-state index >= 15 is 0 Å². The Morgan fingerprint density at radius 2 is 2.24 bits per heavy atom. The van der Waals surface area contributed by atoms with E-state index in [1.165, 1.54) is 0 Å². The molecule has 2 heterocycles. The van der Waals surface area contributed by atoms with Crippen molar-refractivity contribution >= 4 is 28.8 Å². The minimum atomic E-state index is -0.362. The van der Waals surface area contributed by atoms with Crippen LogP contribution >= 0.6 is 0 Å². The minimum Gasteiger partial charge on any atom is -0.368 e. The van der Waals surface area contributed by atoms with Crippen LogP contribution in [-0.2, 0) is 4.79 Å². The van der Waals surface area contributed by atoms with Crippen LogP contribution in [0.3, 0.4) is 0 Å². The predicted octanol–water partition coefficient (Wildman–Crippen LogP) is 0.629. The molecular formula is C13H19N7O. The zero-order valence-electron chi connectivity index (χ0n) is 12.0. The third-order valence-electron chi connectivity index (χ3n) is 3.85. The molecule has 0 aromatic carbocycles. The summed E-state index contributed by atoms with van der Waals surface area (Å²) in [6, 6.07) is 0.281. The summed E-state index contributed by atoms with van der Waals surface area (Å²) in [5.74, 6) is 0.809. The van der Waals surface area contributed by atoms with Crippen LogP contribution in [0.5, 0.6) is 0 Å². The molecule has 1 saturated carbocycles. The molecule has 0 spiro atoms. The molecule has 0 bridgehead atoms. The Bertz CT molecular complexity index is 647. The molecule has 21 heavy (non-hydrogen) atoms. The van der Waals surface area contributed by atoms with Gasteiger partial charge in [0.25, 0.3) is 0 Å². The van der Waals surface area contributed by atoms with Crippen LogP contribution in [0, 0.1) is 0 Å². The van der Waals surface area contributed by atoms with E-state index in [2.05, 4.69) is 25.3 Å². The number of hydrogen-bond donors (Lipinski definition) is 3. The van der Waals surface area contributed by atoms with Crippen molar-refractivity contribution in [1.82, 2.24) is 19.9 Å². The molecule has 2 aromatic heterocycles. The van der Waals surface area contributed by atoms with Crippen molar-refractivity contribution < 1.29 is 4.79 Å². The normalized spacial score (nSPS) is 15.5. The van der Waals surface area contributed by atoms with Gasteiger partial charge in [-0.15, -0.1) is 0 Å². The van der Waals surface area contributed by atoms with Gasteiger partial charge >= 0.3 is 0 Å². The first-order valence-electron chi connectivity index (χ1n) is 7.13. The number of fused-ring (bicyclic) bond motifs is 1. The average Bonchev–Trinajstić information content (AvgIpc) is 3.14. The molecule has 0 saturated heterocycles. The van der Waals surface area contributed by atoms with Gasteiger partial charge in [-0.2, -0.15) is 9.97 Å². The molecule has 0 atom stereocenters. The molecule has 8 heteroatoms. The highest BCUT2D eigenvalue weighted by molar-refractivity contribution is 5.88. The highest BCUT2D eigenvalue weighted by Crippen LogP contribution is 2.30. The van der Waals surface area contributed by atoms with Gasteiger partial charge in [0.15, 0.2) is 11.5 Å². The fraction of sp³-hybridized carbons (Fsp3) is 0.538. The number of carbonyl (C=O) groups is 1. The Labute approximate surface area is 122 Å². The number of nitrogens with one attached hydrogen (secondary N) is 2. The fourth-order valence-corrected chi connectivity index (χ4v) is 2.90. The van der Waals surface area contributed by atoms with Crippen LogP contribution in [-0.4, -0.2) is 45.5 Å². The molecule has 8 nitrogen and oxygen atoms in total. The summed E-state index contributed by atoms with van der Waals surface area (Å²) in [5, 5.41) is 2.93. The van der Waals surface area contributed by atoms with E-state index in [4.69, 9.17) is 5.73 Å². The van der Waals surface area contributed by atoms with Crippen LogP contribution in [0.15, 0.2) is 6.33 Å². The number of H-pyrrole nitrogens is 1. The zero-order chi connectivity index (χ0) is 14.8. The lowest BCUT2D eigenvalue weighted by atomic mass is 10.2. The van der Waals surface area contributed by atoms with Crippen molar-refractivity contribution in [2.45, 2.75) is 31.7 Å². The molecule has 0 aliphatic heterocycles. The SMILES string of the molecule is CNc1nc(N(CC(N)=O)C2CCCC2)c2[nH]cnc2n1. The lowest BCUT2D eigenvalue weighted by molar-refractivity contribution is -0.116. The molecule has 1 fully saturated rings. The van der Waals surface area contributed by atoms with E-state index in [0.717, 1.165) is 31.2 Å². The van der Waals surface area contributed by atoms with E-state index in [1.807, 2.05) is 4.90 Å². The molecule has 3 rings (SSSR count). The molecule has 0 unspecified atom stereocenters. The number of imidazole rings is 1. The molecule has 1 aliphatic rings. The third-order valence-corrected chi connectivity index (χ3v) is 3.85. The predicted molar refractivity (Wildman–Crippen MR) is 80.0 cm³/mol. The highest BCUT2D eigenvalue weighted by atomic mass is 16.1. The van der Waals surface area contributed by atoms with Crippen LogP contribution in [0.1, 0.15) is 25.7 Å². The maximum absolute atomic E-state index is 11.5. The van der Waals surface area contributed by atoms with Gasteiger partial charge in [-0.3, -0.25) is 4.79 Å². The Balaban J connectivity index is 2.08. The fourth-order valence-electron chi connectivity index (χ4n) is 2.90. The molecule has 112 valence electrons. The number of hydrogen-bond acceptors (Lipinski definition) is 6. The summed E-state index contributed by atoms with van der Waals surface area (Å²) in [5.41, 5.74) is 6.74. The largest absolute Gasteiger partial charge is 0.368 e. The Morgan fingerprint density at radius 3 is 2.90 bits per heavy atom. The Morgan fingerprint density at radius 1 is 1.48 bits per heavy atom. The summed E-state index contributed by atoms with van der Waals surface area (Å²) >= 11 is 0. The smallest absolute Gasteiger partial charge is 0.237 e. The van der Waals surface area contributed by atoms with Gasteiger partial charge in [0.05, 0.1) is 12.9 Å². The van der Waals surface area contributed by atoms with E-state index in [1.54, 1.807) is 13.4 Å². The van der Waals surface area contributed by atoms with Crippen LogP contribution in [0.25, 0.3) is 11.2 Å². The van der Waals surface area contributed by atoms with Crippen molar-refractivity contribution in [3.63, 3.8) is 0 Å². The van der Waals surface area contributed by atoms with Gasteiger partial charge in [-0.25, -0.2) is 4.98 Å². The first-order chi connectivity index (χ1) is 10.2. The standard InChI is InChI=1S/C13H19N7O/c1-15-13-18-11-10(16-7-17-11)12(19-13)20(6-9(14)21)8-4-2-3-5-8/h7-8H,2-6H2,1H3,(H2,14,21)(H2,15,16,17,18,19). The second-order valence-electron chi connectivity index (χ2n) is 5.25. The van der Waals surface area contributed by atoms with E-state index in [0.29, 0.717) is 17.4 Å². The molecule has 1 amide bonds. The van der Waals surface area contributed by atoms with Crippen LogP contribution < -0.4 is 16.0 Å². The summed E-state index contributed by atoms with van der Waals surface area (Å²) in [7, 11) is 1.76. The maximum Gasteiger partial charge on any atom is 0.237 e. The van der Waals surface area contributed by atoms with Gasteiger partial charge in [-0.1, -0.05) is 12.8 Å². The second-order valence-corrected chi connectivity index (χ2v) is 5.25. The van der Waals surface area contributed by atoms with Crippen molar-refractivity contribution in [2.24, 2.45) is 5.73 Å². The summed E-state index contributed by atoms with van der Waals surface area (Å²) in [4.78, 5) is 29.5. The summed E-state index contributed by atoms with van der Waals surface area (Å²) < 4.78 is 0. The monoisotopic (exact) mass is 289 g/mol. The minimum absolute atomic E-state index is 0.152. The number of aromatic amines is 1. The van der Waals surface area contributed by atoms with Gasteiger partial charge in [0.2, 0.25) is 11.9 Å². The number of nitrogens with zero attached hydrogens (tertiary/aromatic N) is 4. The second kappa shape index (κ2) is 5.55. The van der Waals surface area contributed by atoms with Gasteiger partial charge < -0.3 is 20.9 Å². The number of primary amides is 1. The van der Waals surface area contributed by atoms with Crippen molar-refractivity contribution in [3.05, 3.63) is 6.33 Å². The number of aromatic nitrogens is 4. The molecular weight excluding hydrogens is 270 g/mol. The van der Waals surface area contributed by atoms with Crippen molar-refractivity contribution in [1.29, 1.82) is 0 Å². The lowest BCUT2D eigenvalue weighted by Crippen LogP contribution is -2.41. The zero-order valence-corrected chi connectivity index (χ0v) is 12.0. The first-order valence-corrected chi connectivity index (χ1v) is 7.13. The number of amides is 1. The average molecular weight is 289 g/mol. The van der Waals surface area contributed by atoms with Gasteiger partial charge in [-0.05, 0) is 12.8 Å². The summed E-state index contributed by atoms with van der Waals surface area (Å²) in [6.45, 7) is 0.152. The topological polar surface area (TPSA) is 113 Å². The molecule has 1 aliphatic carbocycles. The van der Waals surface area contributed by atoms with Crippen molar-refractivity contribution in [3.8, 4) is 0 Å². The lowest BCUT2D eigenvalue weighted by Gasteiger charge is -2.29. The van der Waals surface area contributed by atoms with E-state index in [9.17, 15) is 4.79 Å². The number of anilines is 2. The van der Waals surface area contributed by atoms with E-state index < -0.39 is 0 Å². The quantitative estimate of drug-likeness (QED) is 0.744. The first kappa shape index (κ1) is 13.6. The van der Waals surface area contributed by atoms with E-state index in [-0.39, 0.29) is 18.5 Å². The Hall–Kier alpha value is -2.38. The van der Waals surface area contributed by atoms with Crippen LogP contribution in [0.2, 0.25) is 0 Å². The number of rotatable bonds is 5. The molecule has 0 radical (unpaired) electrons. The molecule has 4 N–H and O–H groups in total. The number of nitrogens with two attached hydrogens (primary N) is 1.